The molecule has 0 bridgehead atoms. The van der Waals surface area contributed by atoms with Gasteiger partial charge < -0.3 is 10.1 Å². The summed E-state index contributed by atoms with van der Waals surface area (Å²) >= 11 is 0. The molecule has 1 atom stereocenters. The second-order valence-electron chi connectivity index (χ2n) is 6.57. The molecule has 0 radical (unpaired) electrons. The van der Waals surface area contributed by atoms with Gasteiger partial charge in [-0.15, -0.1) is 0 Å². The molecule has 0 aliphatic carbocycles. The van der Waals surface area contributed by atoms with Crippen LogP contribution in [0.4, 0.5) is 4.39 Å². The number of aryl methyl sites for hydroxylation is 1. The van der Waals surface area contributed by atoms with Gasteiger partial charge in [0.15, 0.2) is 11.6 Å². The second-order valence-corrected chi connectivity index (χ2v) is 6.57. The van der Waals surface area contributed by atoms with Gasteiger partial charge in [0.1, 0.15) is 12.3 Å². The highest BCUT2D eigenvalue weighted by Gasteiger charge is 2.28. The van der Waals surface area contributed by atoms with Crippen molar-refractivity contribution in [3.63, 3.8) is 0 Å². The summed E-state index contributed by atoms with van der Waals surface area (Å²) in [5.74, 6) is -0.535. The predicted octanol–water partition coefficient (Wildman–Crippen LogP) is 3.08. The van der Waals surface area contributed by atoms with Crippen LogP contribution < -0.4 is 10.1 Å². The summed E-state index contributed by atoms with van der Waals surface area (Å²) in [5, 5.41) is 9.59. The first-order valence-electron chi connectivity index (χ1n) is 7.47. The number of hydrogen-bond acceptors (Lipinski definition) is 3. The molecule has 0 aliphatic heterocycles. The first-order valence-corrected chi connectivity index (χ1v) is 7.47. The van der Waals surface area contributed by atoms with Crippen LogP contribution in [0.1, 0.15) is 37.0 Å². The fourth-order valence-corrected chi connectivity index (χ4v) is 2.01. The average molecular weight is 319 g/mol. The number of ether oxygens (including phenoxy) is 1. The molecule has 1 amide bonds. The van der Waals surface area contributed by atoms with Gasteiger partial charge in [-0.05, 0) is 30.5 Å². The van der Waals surface area contributed by atoms with Crippen molar-refractivity contribution in [3.8, 4) is 5.75 Å². The lowest BCUT2D eigenvalue weighted by atomic mass is 9.87. The number of halogens is 1. The van der Waals surface area contributed by atoms with Crippen LogP contribution in [0.15, 0.2) is 30.3 Å². The van der Waals surface area contributed by atoms with E-state index in [2.05, 4.69) is 15.5 Å². The molecule has 2 N–H and O–H groups in total. The number of amides is 1. The van der Waals surface area contributed by atoms with E-state index in [1.165, 1.54) is 6.07 Å². The minimum Gasteiger partial charge on any atom is -0.488 e. The molecule has 124 valence electrons. The fraction of sp³-hybridized carbons (Fsp3) is 0.412. The number of para-hydroxylation sites is 1. The Hall–Kier alpha value is -2.37. The number of hydrogen-bond donors (Lipinski definition) is 2. The highest BCUT2D eigenvalue weighted by atomic mass is 19.1. The topological polar surface area (TPSA) is 67.0 Å². The number of H-pyrrole nitrogens is 1. The summed E-state index contributed by atoms with van der Waals surface area (Å²) in [6.45, 7) is 7.95. The molecule has 0 saturated carbocycles. The van der Waals surface area contributed by atoms with Gasteiger partial charge in [-0.1, -0.05) is 32.9 Å². The van der Waals surface area contributed by atoms with Crippen LogP contribution in [0.25, 0.3) is 0 Å². The van der Waals surface area contributed by atoms with E-state index in [0.717, 1.165) is 5.69 Å². The van der Waals surface area contributed by atoms with E-state index < -0.39 is 5.82 Å². The normalized spacial score (nSPS) is 12.7. The monoisotopic (exact) mass is 319 g/mol. The van der Waals surface area contributed by atoms with Gasteiger partial charge in [-0.2, -0.15) is 5.10 Å². The number of carbonyl (C=O) groups excluding carboxylic acids is 1. The molecule has 0 spiro atoms. The molecule has 0 aliphatic rings. The van der Waals surface area contributed by atoms with Crippen LogP contribution >= 0.6 is 0 Å². The maximum absolute atomic E-state index is 13.6. The van der Waals surface area contributed by atoms with Gasteiger partial charge in [-0.25, -0.2) is 4.39 Å². The van der Waals surface area contributed by atoms with Crippen molar-refractivity contribution in [2.75, 3.05) is 6.61 Å². The molecule has 1 unspecified atom stereocenters. The van der Waals surface area contributed by atoms with Crippen molar-refractivity contribution < 1.29 is 13.9 Å². The Balaban J connectivity index is 2.06. The summed E-state index contributed by atoms with van der Waals surface area (Å²) in [7, 11) is 0. The predicted molar refractivity (Wildman–Crippen MR) is 85.9 cm³/mol. The van der Waals surface area contributed by atoms with Crippen LogP contribution in [0.5, 0.6) is 5.75 Å². The Morgan fingerprint density at radius 1 is 1.39 bits per heavy atom. The smallest absolute Gasteiger partial charge is 0.272 e. The van der Waals surface area contributed by atoms with Crippen molar-refractivity contribution in [2.24, 2.45) is 5.41 Å². The van der Waals surface area contributed by atoms with E-state index in [4.69, 9.17) is 4.74 Å². The quantitative estimate of drug-likeness (QED) is 0.890. The summed E-state index contributed by atoms with van der Waals surface area (Å²) in [6.07, 6.45) is 0. The second kappa shape index (κ2) is 6.81. The summed E-state index contributed by atoms with van der Waals surface area (Å²) in [4.78, 5) is 12.3. The van der Waals surface area contributed by atoms with Crippen molar-refractivity contribution >= 4 is 5.91 Å². The third-order valence-corrected chi connectivity index (χ3v) is 3.53. The Bertz CT molecular complexity index is 676. The fourth-order valence-electron chi connectivity index (χ4n) is 2.01. The van der Waals surface area contributed by atoms with Gasteiger partial charge in [0.05, 0.1) is 6.04 Å². The van der Waals surface area contributed by atoms with E-state index in [0.29, 0.717) is 5.69 Å². The van der Waals surface area contributed by atoms with Gasteiger partial charge in [0.2, 0.25) is 0 Å². The SMILES string of the molecule is Cc1cc(C(=O)NC(COc2ccccc2F)C(C)(C)C)n[nH]1. The van der Waals surface area contributed by atoms with Gasteiger partial charge in [0.25, 0.3) is 5.91 Å². The van der Waals surface area contributed by atoms with Crippen LogP contribution in [-0.4, -0.2) is 28.8 Å². The highest BCUT2D eigenvalue weighted by molar-refractivity contribution is 5.92. The third-order valence-electron chi connectivity index (χ3n) is 3.53. The Kier molecular flexibility index (Phi) is 5.03. The molecule has 2 rings (SSSR count). The molecule has 6 heteroatoms. The zero-order valence-electron chi connectivity index (χ0n) is 13.8. The van der Waals surface area contributed by atoms with Crippen molar-refractivity contribution in [2.45, 2.75) is 33.7 Å². The number of rotatable bonds is 5. The molecule has 5 nitrogen and oxygen atoms in total. The highest BCUT2D eigenvalue weighted by Crippen LogP contribution is 2.22. The van der Waals surface area contributed by atoms with Crippen molar-refractivity contribution in [1.82, 2.24) is 15.5 Å². The largest absolute Gasteiger partial charge is 0.488 e. The van der Waals surface area contributed by atoms with Gasteiger partial charge >= 0.3 is 0 Å². The number of aromatic amines is 1. The van der Waals surface area contributed by atoms with E-state index in [9.17, 15) is 9.18 Å². The van der Waals surface area contributed by atoms with Crippen LogP contribution in [-0.2, 0) is 0 Å². The lowest BCUT2D eigenvalue weighted by Gasteiger charge is -2.31. The van der Waals surface area contributed by atoms with E-state index in [1.807, 2.05) is 27.7 Å². The number of benzene rings is 1. The first kappa shape index (κ1) is 17.0. The maximum Gasteiger partial charge on any atom is 0.272 e. The zero-order valence-corrected chi connectivity index (χ0v) is 13.8. The number of nitrogens with zero attached hydrogens (tertiary/aromatic N) is 1. The van der Waals surface area contributed by atoms with Crippen LogP contribution in [0.2, 0.25) is 0 Å². The van der Waals surface area contributed by atoms with Gasteiger partial charge in [-0.3, -0.25) is 9.89 Å². The maximum atomic E-state index is 13.6. The standard InChI is InChI=1S/C17H22FN3O2/c1-11-9-13(21-20-11)16(22)19-15(17(2,3)4)10-23-14-8-6-5-7-12(14)18/h5-9,15H,10H2,1-4H3,(H,19,22)(H,20,21). The number of carbonyl (C=O) groups is 1. The van der Waals surface area contributed by atoms with Crippen molar-refractivity contribution in [1.29, 1.82) is 0 Å². The third kappa shape index (κ3) is 4.55. The molecular weight excluding hydrogens is 297 g/mol. The van der Waals surface area contributed by atoms with Crippen LogP contribution in [0, 0.1) is 18.2 Å². The molecule has 1 aromatic heterocycles. The summed E-state index contributed by atoms with van der Waals surface area (Å²) < 4.78 is 19.2. The Labute approximate surface area is 135 Å². The van der Waals surface area contributed by atoms with E-state index >= 15 is 0 Å². The van der Waals surface area contributed by atoms with E-state index in [1.54, 1.807) is 24.3 Å². The lowest BCUT2D eigenvalue weighted by molar-refractivity contribution is 0.0855. The number of nitrogens with one attached hydrogen (secondary N) is 2. The van der Waals surface area contributed by atoms with E-state index in [-0.39, 0.29) is 29.7 Å². The Morgan fingerprint density at radius 3 is 2.65 bits per heavy atom. The molecule has 0 saturated heterocycles. The molecule has 0 fully saturated rings. The zero-order chi connectivity index (χ0) is 17.0. The lowest BCUT2D eigenvalue weighted by Crippen LogP contribution is -2.47. The molecule has 23 heavy (non-hydrogen) atoms. The van der Waals surface area contributed by atoms with Crippen molar-refractivity contribution in [3.05, 3.63) is 47.5 Å². The molecule has 1 aromatic carbocycles. The van der Waals surface area contributed by atoms with Crippen LogP contribution in [0.3, 0.4) is 0 Å². The minimum atomic E-state index is -0.422. The molecule has 2 aromatic rings. The summed E-state index contributed by atoms with van der Waals surface area (Å²) in [6, 6.07) is 7.58. The minimum absolute atomic E-state index is 0.166. The van der Waals surface area contributed by atoms with Gasteiger partial charge in [0, 0.05) is 5.69 Å². The average Bonchev–Trinajstić information content (AvgIpc) is 2.90. The number of aromatic nitrogens is 2. The Morgan fingerprint density at radius 2 is 2.09 bits per heavy atom. The molecular formula is C17H22FN3O2. The molecule has 1 heterocycles. The first-order chi connectivity index (χ1) is 10.8. The summed E-state index contributed by atoms with van der Waals surface area (Å²) in [5.41, 5.74) is 0.874.